The highest BCUT2D eigenvalue weighted by molar-refractivity contribution is 9.10. The first-order chi connectivity index (χ1) is 11.2. The zero-order valence-corrected chi connectivity index (χ0v) is 14.5. The van der Waals surface area contributed by atoms with Crippen LogP contribution in [0.3, 0.4) is 0 Å². The first kappa shape index (κ1) is 16.1. The zero-order valence-electron chi connectivity index (χ0n) is 12.9. The van der Waals surface area contributed by atoms with Gasteiger partial charge in [-0.25, -0.2) is 0 Å². The summed E-state index contributed by atoms with van der Waals surface area (Å²) in [6.07, 6.45) is 4.62. The SMILES string of the molecule is O=C(NC1CCCC1)c1cccc(COc2ccc(Br)cc2)c1. The number of hydrogen-bond donors (Lipinski definition) is 1. The molecule has 3 nitrogen and oxygen atoms in total. The molecule has 1 aliphatic rings. The molecular formula is C19H20BrNO2. The molecule has 1 amide bonds. The molecule has 0 unspecified atom stereocenters. The second-order valence-corrected chi connectivity index (χ2v) is 6.81. The van der Waals surface area contributed by atoms with Crippen molar-refractivity contribution in [1.82, 2.24) is 5.32 Å². The van der Waals surface area contributed by atoms with Gasteiger partial charge in [0.2, 0.25) is 0 Å². The molecule has 0 aromatic heterocycles. The molecule has 0 radical (unpaired) electrons. The van der Waals surface area contributed by atoms with Crippen molar-refractivity contribution < 1.29 is 9.53 Å². The molecule has 0 heterocycles. The van der Waals surface area contributed by atoms with E-state index in [4.69, 9.17) is 4.74 Å². The molecule has 1 N–H and O–H groups in total. The third-order valence-electron chi connectivity index (χ3n) is 4.10. The van der Waals surface area contributed by atoms with Crippen LogP contribution in [0.4, 0.5) is 0 Å². The van der Waals surface area contributed by atoms with Gasteiger partial charge in [-0.2, -0.15) is 0 Å². The molecule has 0 spiro atoms. The Morgan fingerprint density at radius 1 is 1.13 bits per heavy atom. The van der Waals surface area contributed by atoms with E-state index in [0.29, 0.717) is 18.2 Å². The molecular weight excluding hydrogens is 354 g/mol. The largest absolute Gasteiger partial charge is 0.489 e. The number of carbonyl (C=O) groups excluding carboxylic acids is 1. The number of hydrogen-bond acceptors (Lipinski definition) is 2. The van der Waals surface area contributed by atoms with Crippen LogP contribution in [0.1, 0.15) is 41.6 Å². The molecule has 0 saturated heterocycles. The molecule has 23 heavy (non-hydrogen) atoms. The zero-order chi connectivity index (χ0) is 16.1. The highest BCUT2D eigenvalue weighted by Gasteiger charge is 2.17. The summed E-state index contributed by atoms with van der Waals surface area (Å²) in [5.41, 5.74) is 1.70. The third-order valence-corrected chi connectivity index (χ3v) is 4.63. The van der Waals surface area contributed by atoms with Gasteiger partial charge < -0.3 is 10.1 Å². The Hall–Kier alpha value is -1.81. The number of ether oxygens (including phenoxy) is 1. The van der Waals surface area contributed by atoms with E-state index in [9.17, 15) is 4.79 Å². The number of nitrogens with one attached hydrogen (secondary N) is 1. The number of benzene rings is 2. The quantitative estimate of drug-likeness (QED) is 0.824. The van der Waals surface area contributed by atoms with Crippen LogP contribution in [0, 0.1) is 0 Å². The molecule has 2 aromatic rings. The lowest BCUT2D eigenvalue weighted by Gasteiger charge is -2.12. The maximum Gasteiger partial charge on any atom is 0.251 e. The first-order valence-corrected chi connectivity index (χ1v) is 8.78. The lowest BCUT2D eigenvalue weighted by atomic mass is 10.1. The minimum absolute atomic E-state index is 0.0161. The summed E-state index contributed by atoms with van der Waals surface area (Å²) in [5.74, 6) is 0.830. The van der Waals surface area contributed by atoms with Crippen LogP contribution in [0.25, 0.3) is 0 Å². The molecule has 1 fully saturated rings. The van der Waals surface area contributed by atoms with Gasteiger partial charge in [0.05, 0.1) is 0 Å². The Bertz CT molecular complexity index is 663. The average molecular weight is 374 g/mol. The molecule has 1 saturated carbocycles. The van der Waals surface area contributed by atoms with Crippen molar-refractivity contribution in [3.05, 3.63) is 64.1 Å². The summed E-state index contributed by atoms with van der Waals surface area (Å²) in [4.78, 5) is 12.3. The molecule has 4 heteroatoms. The van der Waals surface area contributed by atoms with Crippen LogP contribution in [0.2, 0.25) is 0 Å². The fraction of sp³-hybridized carbons (Fsp3) is 0.316. The van der Waals surface area contributed by atoms with E-state index in [1.807, 2.05) is 48.5 Å². The fourth-order valence-corrected chi connectivity index (χ4v) is 3.10. The number of carbonyl (C=O) groups is 1. The Balaban J connectivity index is 1.60. The standard InChI is InChI=1S/C19H20BrNO2/c20-16-8-10-18(11-9-16)23-13-14-4-3-5-15(12-14)19(22)21-17-6-1-2-7-17/h3-5,8-12,17H,1-2,6-7,13H2,(H,21,22). The van der Waals surface area contributed by atoms with Gasteiger partial charge in [0.1, 0.15) is 12.4 Å². The van der Waals surface area contributed by atoms with E-state index in [-0.39, 0.29) is 5.91 Å². The monoisotopic (exact) mass is 373 g/mol. The Kier molecular flexibility index (Phi) is 5.34. The van der Waals surface area contributed by atoms with E-state index < -0.39 is 0 Å². The van der Waals surface area contributed by atoms with Crippen LogP contribution in [0.5, 0.6) is 5.75 Å². The van der Waals surface area contributed by atoms with Gasteiger partial charge in [0.15, 0.2) is 0 Å². The van der Waals surface area contributed by atoms with Gasteiger partial charge in [0.25, 0.3) is 5.91 Å². The van der Waals surface area contributed by atoms with Gasteiger partial charge in [-0.05, 0) is 54.8 Å². The summed E-state index contributed by atoms with van der Waals surface area (Å²) in [5, 5.41) is 3.12. The molecule has 1 aliphatic carbocycles. The van der Waals surface area contributed by atoms with Crippen molar-refractivity contribution in [2.24, 2.45) is 0 Å². The fourth-order valence-electron chi connectivity index (χ4n) is 2.84. The van der Waals surface area contributed by atoms with Crippen molar-refractivity contribution >= 4 is 21.8 Å². The van der Waals surface area contributed by atoms with Crippen molar-refractivity contribution in [3.63, 3.8) is 0 Å². The molecule has 0 atom stereocenters. The van der Waals surface area contributed by atoms with E-state index in [2.05, 4.69) is 21.2 Å². The predicted molar refractivity (Wildman–Crippen MR) is 94.6 cm³/mol. The Morgan fingerprint density at radius 2 is 1.87 bits per heavy atom. The van der Waals surface area contributed by atoms with E-state index in [1.165, 1.54) is 12.8 Å². The van der Waals surface area contributed by atoms with Crippen molar-refractivity contribution in [1.29, 1.82) is 0 Å². The molecule has 120 valence electrons. The van der Waals surface area contributed by atoms with Crippen molar-refractivity contribution in [2.75, 3.05) is 0 Å². The summed E-state index contributed by atoms with van der Waals surface area (Å²) in [6.45, 7) is 0.451. The highest BCUT2D eigenvalue weighted by atomic mass is 79.9. The summed E-state index contributed by atoms with van der Waals surface area (Å²) in [7, 11) is 0. The Morgan fingerprint density at radius 3 is 2.61 bits per heavy atom. The van der Waals surface area contributed by atoms with Crippen LogP contribution >= 0.6 is 15.9 Å². The third kappa shape index (κ3) is 4.58. The van der Waals surface area contributed by atoms with E-state index in [0.717, 1.165) is 28.6 Å². The normalized spacial score (nSPS) is 14.7. The molecule has 0 aliphatic heterocycles. The van der Waals surface area contributed by atoms with Gasteiger partial charge in [0, 0.05) is 16.1 Å². The summed E-state index contributed by atoms with van der Waals surface area (Å²) >= 11 is 3.40. The van der Waals surface area contributed by atoms with Crippen molar-refractivity contribution in [3.8, 4) is 5.75 Å². The Labute approximate surface area is 145 Å². The summed E-state index contributed by atoms with van der Waals surface area (Å²) in [6, 6.07) is 15.7. The van der Waals surface area contributed by atoms with Crippen molar-refractivity contribution in [2.45, 2.75) is 38.3 Å². The van der Waals surface area contributed by atoms with Gasteiger partial charge in [-0.1, -0.05) is 40.9 Å². The first-order valence-electron chi connectivity index (χ1n) is 7.99. The lowest BCUT2D eigenvalue weighted by molar-refractivity contribution is 0.0937. The van der Waals surface area contributed by atoms with Crippen LogP contribution in [-0.4, -0.2) is 11.9 Å². The smallest absolute Gasteiger partial charge is 0.251 e. The average Bonchev–Trinajstić information content (AvgIpc) is 3.07. The highest BCUT2D eigenvalue weighted by Crippen LogP contribution is 2.19. The van der Waals surface area contributed by atoms with Gasteiger partial charge in [-0.15, -0.1) is 0 Å². The minimum Gasteiger partial charge on any atom is -0.489 e. The second kappa shape index (κ2) is 7.64. The van der Waals surface area contributed by atoms with E-state index in [1.54, 1.807) is 0 Å². The number of rotatable bonds is 5. The minimum atomic E-state index is 0.0161. The molecule has 0 bridgehead atoms. The van der Waals surface area contributed by atoms with Gasteiger partial charge in [-0.3, -0.25) is 4.79 Å². The number of amides is 1. The van der Waals surface area contributed by atoms with Crippen LogP contribution < -0.4 is 10.1 Å². The van der Waals surface area contributed by atoms with Crippen LogP contribution in [-0.2, 0) is 6.61 Å². The number of halogens is 1. The summed E-state index contributed by atoms with van der Waals surface area (Å²) < 4.78 is 6.79. The molecule has 3 rings (SSSR count). The lowest BCUT2D eigenvalue weighted by Crippen LogP contribution is -2.32. The van der Waals surface area contributed by atoms with Gasteiger partial charge >= 0.3 is 0 Å². The maximum absolute atomic E-state index is 12.3. The topological polar surface area (TPSA) is 38.3 Å². The predicted octanol–water partition coefficient (Wildman–Crippen LogP) is 4.70. The maximum atomic E-state index is 12.3. The second-order valence-electron chi connectivity index (χ2n) is 5.90. The van der Waals surface area contributed by atoms with Crippen LogP contribution in [0.15, 0.2) is 53.0 Å². The molecule has 2 aromatic carbocycles. The van der Waals surface area contributed by atoms with E-state index >= 15 is 0 Å².